The number of hydrogen-bond acceptors (Lipinski definition) is 3. The number of carbonyl (C=O) groups excluding carboxylic acids is 1. The van der Waals surface area contributed by atoms with E-state index in [0.717, 1.165) is 37.5 Å². The number of alkyl carbamates (subject to hydrolysis) is 1. The van der Waals surface area contributed by atoms with Gasteiger partial charge in [0, 0.05) is 24.2 Å². The van der Waals surface area contributed by atoms with E-state index in [0.29, 0.717) is 0 Å². The van der Waals surface area contributed by atoms with Crippen molar-refractivity contribution in [3.05, 3.63) is 34.9 Å². The average molecular weight is 325 g/mol. The van der Waals surface area contributed by atoms with E-state index in [4.69, 9.17) is 16.3 Å². The van der Waals surface area contributed by atoms with E-state index in [1.165, 1.54) is 5.56 Å². The van der Waals surface area contributed by atoms with Gasteiger partial charge in [-0.05, 0) is 57.9 Å². The molecule has 1 aliphatic heterocycles. The smallest absolute Gasteiger partial charge is 0.407 e. The maximum absolute atomic E-state index is 11.9. The minimum atomic E-state index is -0.457. The number of piperidine rings is 1. The summed E-state index contributed by atoms with van der Waals surface area (Å²) >= 11 is 5.91. The highest BCUT2D eigenvalue weighted by Gasteiger charge is 2.24. The van der Waals surface area contributed by atoms with Gasteiger partial charge in [0.1, 0.15) is 5.60 Å². The van der Waals surface area contributed by atoms with Gasteiger partial charge in [-0.3, -0.25) is 4.90 Å². The van der Waals surface area contributed by atoms with Gasteiger partial charge in [0.15, 0.2) is 0 Å². The molecule has 4 nitrogen and oxygen atoms in total. The van der Waals surface area contributed by atoms with Crippen molar-refractivity contribution in [3.63, 3.8) is 0 Å². The zero-order valence-corrected chi connectivity index (χ0v) is 14.3. The Balaban J connectivity index is 1.83. The zero-order chi connectivity index (χ0) is 16.2. The maximum atomic E-state index is 11.9. The summed E-state index contributed by atoms with van der Waals surface area (Å²) in [7, 11) is 0. The van der Waals surface area contributed by atoms with Gasteiger partial charge in [0.25, 0.3) is 0 Å². The van der Waals surface area contributed by atoms with Crippen molar-refractivity contribution < 1.29 is 9.53 Å². The van der Waals surface area contributed by atoms with Crippen molar-refractivity contribution in [1.82, 2.24) is 10.2 Å². The summed E-state index contributed by atoms with van der Waals surface area (Å²) in [5.74, 6) is 0. The van der Waals surface area contributed by atoms with Crippen LogP contribution in [0.4, 0.5) is 4.79 Å². The maximum Gasteiger partial charge on any atom is 0.407 e. The molecule has 22 heavy (non-hydrogen) atoms. The van der Waals surface area contributed by atoms with Gasteiger partial charge in [0.2, 0.25) is 0 Å². The van der Waals surface area contributed by atoms with Crippen molar-refractivity contribution in [2.75, 3.05) is 13.1 Å². The van der Waals surface area contributed by atoms with E-state index in [1.54, 1.807) is 0 Å². The number of benzene rings is 1. The SMILES string of the molecule is CC(C)(C)OC(=O)NC1CCCN(Cc2ccc(Cl)cc2)C1. The minimum absolute atomic E-state index is 0.149. The summed E-state index contributed by atoms with van der Waals surface area (Å²) in [6, 6.07) is 8.07. The van der Waals surface area contributed by atoms with E-state index in [1.807, 2.05) is 45.0 Å². The first-order valence-corrected chi connectivity index (χ1v) is 8.16. The third-order valence-corrected chi connectivity index (χ3v) is 3.80. The molecule has 1 saturated heterocycles. The Morgan fingerprint density at radius 1 is 1.36 bits per heavy atom. The first-order valence-electron chi connectivity index (χ1n) is 7.78. The Labute approximate surface area is 137 Å². The van der Waals surface area contributed by atoms with E-state index in [9.17, 15) is 4.79 Å². The topological polar surface area (TPSA) is 41.6 Å². The van der Waals surface area contributed by atoms with Gasteiger partial charge < -0.3 is 10.1 Å². The molecule has 1 fully saturated rings. The van der Waals surface area contributed by atoms with E-state index in [2.05, 4.69) is 10.2 Å². The highest BCUT2D eigenvalue weighted by atomic mass is 35.5. The van der Waals surface area contributed by atoms with Crippen molar-refractivity contribution in [2.45, 2.75) is 51.8 Å². The van der Waals surface area contributed by atoms with Crippen LogP contribution in [-0.4, -0.2) is 35.7 Å². The molecule has 1 atom stereocenters. The van der Waals surface area contributed by atoms with Crippen LogP contribution >= 0.6 is 11.6 Å². The fourth-order valence-corrected chi connectivity index (χ4v) is 2.77. The lowest BCUT2D eigenvalue weighted by Gasteiger charge is -2.33. The average Bonchev–Trinajstić information content (AvgIpc) is 2.39. The van der Waals surface area contributed by atoms with Gasteiger partial charge in [0.05, 0.1) is 0 Å². The molecule has 0 spiro atoms. The summed E-state index contributed by atoms with van der Waals surface area (Å²) in [5.41, 5.74) is 0.782. The lowest BCUT2D eigenvalue weighted by Crippen LogP contribution is -2.48. The lowest BCUT2D eigenvalue weighted by atomic mass is 10.0. The van der Waals surface area contributed by atoms with Crippen LogP contribution in [0.25, 0.3) is 0 Å². The van der Waals surface area contributed by atoms with Crippen molar-refractivity contribution in [2.24, 2.45) is 0 Å². The van der Waals surface area contributed by atoms with Crippen LogP contribution in [0.1, 0.15) is 39.2 Å². The Morgan fingerprint density at radius 2 is 2.05 bits per heavy atom. The minimum Gasteiger partial charge on any atom is -0.444 e. The summed E-state index contributed by atoms with van der Waals surface area (Å²) < 4.78 is 5.32. The van der Waals surface area contributed by atoms with E-state index < -0.39 is 5.60 Å². The second kappa shape index (κ2) is 7.34. The quantitative estimate of drug-likeness (QED) is 0.918. The van der Waals surface area contributed by atoms with Gasteiger partial charge in [-0.15, -0.1) is 0 Å². The molecular weight excluding hydrogens is 300 g/mol. The predicted molar refractivity (Wildman–Crippen MR) is 89.1 cm³/mol. The summed E-state index contributed by atoms with van der Waals surface area (Å²) in [6.07, 6.45) is 1.75. The van der Waals surface area contributed by atoms with Crippen LogP contribution in [0.15, 0.2) is 24.3 Å². The fourth-order valence-electron chi connectivity index (χ4n) is 2.64. The molecule has 1 N–H and O–H groups in total. The first-order chi connectivity index (χ1) is 10.3. The number of nitrogens with one attached hydrogen (secondary N) is 1. The van der Waals surface area contributed by atoms with Crippen LogP contribution in [0.3, 0.4) is 0 Å². The van der Waals surface area contributed by atoms with Crippen LogP contribution in [0.5, 0.6) is 0 Å². The molecule has 0 saturated carbocycles. The molecule has 1 amide bonds. The molecule has 0 aromatic heterocycles. The number of amides is 1. The molecule has 1 unspecified atom stereocenters. The summed E-state index contributed by atoms with van der Waals surface area (Å²) in [5, 5.41) is 3.73. The Bertz CT molecular complexity index is 496. The summed E-state index contributed by atoms with van der Waals surface area (Å²) in [6.45, 7) is 8.40. The highest BCUT2D eigenvalue weighted by molar-refractivity contribution is 6.30. The molecule has 1 heterocycles. The molecule has 1 aliphatic rings. The number of carbonyl (C=O) groups is 1. The lowest BCUT2D eigenvalue weighted by molar-refractivity contribution is 0.0470. The Hall–Kier alpha value is -1.26. The normalized spacial score (nSPS) is 19.7. The van der Waals surface area contributed by atoms with Crippen molar-refractivity contribution in [3.8, 4) is 0 Å². The van der Waals surface area contributed by atoms with Crippen LogP contribution in [0.2, 0.25) is 5.02 Å². The third-order valence-electron chi connectivity index (χ3n) is 3.55. The molecule has 0 bridgehead atoms. The number of halogens is 1. The van der Waals surface area contributed by atoms with Crippen LogP contribution in [0, 0.1) is 0 Å². The van der Waals surface area contributed by atoms with Crippen molar-refractivity contribution in [1.29, 1.82) is 0 Å². The van der Waals surface area contributed by atoms with Crippen LogP contribution < -0.4 is 5.32 Å². The highest BCUT2D eigenvalue weighted by Crippen LogP contribution is 2.16. The van der Waals surface area contributed by atoms with Gasteiger partial charge in [-0.25, -0.2) is 4.79 Å². The number of likely N-dealkylation sites (tertiary alicyclic amines) is 1. The first kappa shape index (κ1) is 17.1. The van der Waals surface area contributed by atoms with Gasteiger partial charge in [-0.2, -0.15) is 0 Å². The molecule has 2 rings (SSSR count). The van der Waals surface area contributed by atoms with Gasteiger partial charge in [-0.1, -0.05) is 23.7 Å². The van der Waals surface area contributed by atoms with E-state index >= 15 is 0 Å². The molecule has 5 heteroatoms. The van der Waals surface area contributed by atoms with E-state index in [-0.39, 0.29) is 12.1 Å². The Kier molecular flexibility index (Phi) is 5.70. The van der Waals surface area contributed by atoms with Gasteiger partial charge >= 0.3 is 6.09 Å². The molecule has 122 valence electrons. The predicted octanol–water partition coefficient (Wildman–Crippen LogP) is 3.83. The number of nitrogens with zero attached hydrogens (tertiary/aromatic N) is 1. The molecule has 1 aromatic rings. The second-order valence-electron chi connectivity index (χ2n) is 6.85. The second-order valence-corrected chi connectivity index (χ2v) is 7.28. The summed E-state index contributed by atoms with van der Waals surface area (Å²) in [4.78, 5) is 14.2. The molecular formula is C17H25ClN2O2. The third kappa shape index (κ3) is 5.85. The largest absolute Gasteiger partial charge is 0.444 e. The Morgan fingerprint density at radius 3 is 2.68 bits per heavy atom. The number of hydrogen-bond donors (Lipinski definition) is 1. The van der Waals surface area contributed by atoms with Crippen LogP contribution in [-0.2, 0) is 11.3 Å². The van der Waals surface area contributed by atoms with Crippen molar-refractivity contribution >= 4 is 17.7 Å². The number of ether oxygens (including phenoxy) is 1. The zero-order valence-electron chi connectivity index (χ0n) is 13.6. The molecule has 1 aromatic carbocycles. The molecule has 0 radical (unpaired) electrons. The molecule has 0 aliphatic carbocycles. The number of rotatable bonds is 3. The fraction of sp³-hybridized carbons (Fsp3) is 0.588. The standard InChI is InChI=1S/C17H25ClN2O2/c1-17(2,3)22-16(21)19-15-5-4-10-20(12-15)11-13-6-8-14(18)9-7-13/h6-9,15H,4-5,10-12H2,1-3H3,(H,19,21). The monoisotopic (exact) mass is 324 g/mol.